The summed E-state index contributed by atoms with van der Waals surface area (Å²) in [6.07, 6.45) is 0. The van der Waals surface area contributed by atoms with E-state index in [-0.39, 0.29) is 0 Å². The van der Waals surface area contributed by atoms with Crippen LogP contribution in [0.15, 0.2) is 0 Å². The summed E-state index contributed by atoms with van der Waals surface area (Å²) in [4.78, 5) is 0. The van der Waals surface area contributed by atoms with Crippen molar-refractivity contribution in [3.63, 3.8) is 0 Å². The number of nitrogens with zero attached hydrogens (tertiary/aromatic N) is 2. The van der Waals surface area contributed by atoms with E-state index in [9.17, 15) is 0 Å². The maximum absolute atomic E-state index is 5.98. The highest BCUT2D eigenvalue weighted by Gasteiger charge is 2.14. The van der Waals surface area contributed by atoms with E-state index in [1.54, 1.807) is 0 Å². The third-order valence-corrected chi connectivity index (χ3v) is 3.43. The zero-order valence-corrected chi connectivity index (χ0v) is 10.3. The molecule has 0 bridgehead atoms. The minimum absolute atomic E-state index is 0.377. The minimum atomic E-state index is 0.377. The van der Waals surface area contributed by atoms with Crippen molar-refractivity contribution < 1.29 is 0 Å². The highest BCUT2D eigenvalue weighted by atomic mass is 79.9. The van der Waals surface area contributed by atoms with E-state index in [4.69, 9.17) is 11.6 Å². The zero-order chi connectivity index (χ0) is 10.0. The van der Waals surface area contributed by atoms with Gasteiger partial charge < -0.3 is 0 Å². The van der Waals surface area contributed by atoms with Crippen LogP contribution in [0.4, 0.5) is 0 Å². The van der Waals surface area contributed by atoms with Crippen molar-refractivity contribution in [2.45, 2.75) is 26.7 Å². The lowest BCUT2D eigenvalue weighted by atomic mass is 10.00. The number of hydrogen-bond acceptors (Lipinski definition) is 2. The molecule has 1 aromatic heterocycles. The van der Waals surface area contributed by atoms with Crippen LogP contribution in [-0.2, 0) is 0 Å². The van der Waals surface area contributed by atoms with Crippen molar-refractivity contribution in [1.82, 2.24) is 10.2 Å². The Morgan fingerprint density at radius 1 is 1.38 bits per heavy atom. The van der Waals surface area contributed by atoms with Gasteiger partial charge >= 0.3 is 0 Å². The summed E-state index contributed by atoms with van der Waals surface area (Å²) >= 11 is 9.42. The van der Waals surface area contributed by atoms with Gasteiger partial charge in [-0.2, -0.15) is 5.10 Å². The van der Waals surface area contributed by atoms with E-state index in [1.165, 1.54) is 0 Å². The Kier molecular flexibility index (Phi) is 3.68. The smallest absolute Gasteiger partial charge is 0.154 e. The fraction of sp³-hybridized carbons (Fsp3) is 0.556. The predicted octanol–water partition coefficient (Wildman–Crippen LogP) is 3.25. The van der Waals surface area contributed by atoms with E-state index in [0.717, 1.165) is 22.2 Å². The van der Waals surface area contributed by atoms with Gasteiger partial charge in [-0.15, -0.1) is 5.10 Å². The topological polar surface area (TPSA) is 25.8 Å². The molecule has 0 saturated carbocycles. The molecule has 72 valence electrons. The van der Waals surface area contributed by atoms with Gasteiger partial charge in [-0.25, -0.2) is 0 Å². The molecule has 13 heavy (non-hydrogen) atoms. The summed E-state index contributed by atoms with van der Waals surface area (Å²) in [5, 5.41) is 9.27. The molecule has 0 aliphatic rings. The molecule has 1 rings (SSSR count). The van der Waals surface area contributed by atoms with Gasteiger partial charge in [-0.1, -0.05) is 34.5 Å². The molecule has 0 amide bonds. The van der Waals surface area contributed by atoms with E-state index in [1.807, 2.05) is 13.8 Å². The van der Waals surface area contributed by atoms with E-state index in [0.29, 0.717) is 11.1 Å². The Hall–Kier alpha value is -0.150. The second-order valence-electron chi connectivity index (χ2n) is 3.17. The third kappa shape index (κ3) is 2.20. The van der Waals surface area contributed by atoms with Gasteiger partial charge in [0.2, 0.25) is 0 Å². The van der Waals surface area contributed by atoms with Gasteiger partial charge in [0.25, 0.3) is 0 Å². The Labute approximate surface area is 91.8 Å². The average Bonchev–Trinajstić information content (AvgIpc) is 2.12. The molecular formula is C9H12BrClN2. The molecule has 0 aliphatic carbocycles. The number of hydrogen-bond donors (Lipinski definition) is 0. The molecule has 2 nitrogen and oxygen atoms in total. The molecular weight excluding hydrogens is 251 g/mol. The first kappa shape index (κ1) is 10.9. The van der Waals surface area contributed by atoms with Gasteiger partial charge in [0.1, 0.15) is 0 Å². The maximum Gasteiger partial charge on any atom is 0.155 e. The molecule has 0 aliphatic heterocycles. The molecule has 0 N–H and O–H groups in total. The summed E-state index contributed by atoms with van der Waals surface area (Å²) < 4.78 is 0. The average molecular weight is 264 g/mol. The van der Waals surface area contributed by atoms with Crippen molar-refractivity contribution in [3.05, 3.63) is 22.0 Å². The van der Waals surface area contributed by atoms with Crippen LogP contribution in [0.1, 0.15) is 29.7 Å². The predicted molar refractivity (Wildman–Crippen MR) is 58.7 cm³/mol. The van der Waals surface area contributed by atoms with Gasteiger partial charge in [-0.3, -0.25) is 0 Å². The molecule has 1 heterocycles. The van der Waals surface area contributed by atoms with Gasteiger partial charge in [0.15, 0.2) is 5.15 Å². The molecule has 0 fully saturated rings. The van der Waals surface area contributed by atoms with Crippen LogP contribution in [0.25, 0.3) is 0 Å². The molecule has 1 unspecified atom stereocenters. The molecule has 0 aromatic carbocycles. The van der Waals surface area contributed by atoms with Crippen LogP contribution in [0, 0.1) is 13.8 Å². The molecule has 1 aromatic rings. The lowest BCUT2D eigenvalue weighted by Crippen LogP contribution is -2.04. The van der Waals surface area contributed by atoms with Crippen LogP contribution < -0.4 is 0 Å². The normalized spacial score (nSPS) is 13.0. The van der Waals surface area contributed by atoms with Crippen molar-refractivity contribution >= 4 is 27.5 Å². The second-order valence-corrected chi connectivity index (χ2v) is 4.18. The van der Waals surface area contributed by atoms with Crippen LogP contribution in [0.3, 0.4) is 0 Å². The number of aromatic nitrogens is 2. The standard InChI is InChI=1S/C9H12BrClN2/c1-5(4-10)8-6(2)7(3)12-13-9(8)11/h5H,4H2,1-3H3. The summed E-state index contributed by atoms with van der Waals surface area (Å²) in [5.74, 6) is 0.377. The van der Waals surface area contributed by atoms with Crippen molar-refractivity contribution in [3.8, 4) is 0 Å². The van der Waals surface area contributed by atoms with Crippen LogP contribution in [-0.4, -0.2) is 15.5 Å². The first-order valence-corrected chi connectivity index (χ1v) is 5.63. The fourth-order valence-corrected chi connectivity index (χ4v) is 1.94. The minimum Gasteiger partial charge on any atom is -0.154 e. The lowest BCUT2D eigenvalue weighted by molar-refractivity contribution is 0.831. The largest absolute Gasteiger partial charge is 0.155 e. The van der Waals surface area contributed by atoms with Gasteiger partial charge in [0, 0.05) is 5.33 Å². The lowest BCUT2D eigenvalue weighted by Gasteiger charge is -2.13. The Morgan fingerprint density at radius 3 is 2.54 bits per heavy atom. The van der Waals surface area contributed by atoms with Crippen molar-refractivity contribution in [2.75, 3.05) is 5.33 Å². The maximum atomic E-state index is 5.98. The number of halogens is 2. The molecule has 4 heteroatoms. The Bertz CT molecular complexity index is 315. The molecule has 0 spiro atoms. The van der Waals surface area contributed by atoms with Crippen LogP contribution in [0.2, 0.25) is 5.15 Å². The first-order valence-electron chi connectivity index (χ1n) is 4.13. The Balaban J connectivity index is 3.25. The van der Waals surface area contributed by atoms with Crippen molar-refractivity contribution in [2.24, 2.45) is 0 Å². The second kappa shape index (κ2) is 4.38. The fourth-order valence-electron chi connectivity index (χ4n) is 1.25. The molecule has 1 atom stereocenters. The van der Waals surface area contributed by atoms with E-state index >= 15 is 0 Å². The van der Waals surface area contributed by atoms with E-state index < -0.39 is 0 Å². The zero-order valence-electron chi connectivity index (χ0n) is 7.93. The van der Waals surface area contributed by atoms with Gasteiger partial charge in [0.05, 0.1) is 5.69 Å². The van der Waals surface area contributed by atoms with Gasteiger partial charge in [-0.05, 0) is 30.9 Å². The Morgan fingerprint density at radius 2 is 2.00 bits per heavy atom. The van der Waals surface area contributed by atoms with Crippen molar-refractivity contribution in [1.29, 1.82) is 0 Å². The van der Waals surface area contributed by atoms with E-state index in [2.05, 4.69) is 33.1 Å². The quantitative estimate of drug-likeness (QED) is 0.766. The summed E-state index contributed by atoms with van der Waals surface area (Å²) in [6, 6.07) is 0. The highest BCUT2D eigenvalue weighted by Crippen LogP contribution is 2.27. The summed E-state index contributed by atoms with van der Waals surface area (Å²) in [5.41, 5.74) is 3.20. The number of alkyl halides is 1. The third-order valence-electron chi connectivity index (χ3n) is 2.18. The number of aryl methyl sites for hydroxylation is 1. The summed E-state index contributed by atoms with van der Waals surface area (Å²) in [7, 11) is 0. The van der Waals surface area contributed by atoms with Crippen LogP contribution in [0.5, 0.6) is 0 Å². The first-order chi connectivity index (χ1) is 6.07. The molecule has 0 radical (unpaired) electrons. The monoisotopic (exact) mass is 262 g/mol. The summed E-state index contributed by atoms with van der Waals surface area (Å²) in [6.45, 7) is 6.09. The van der Waals surface area contributed by atoms with Crippen LogP contribution >= 0.6 is 27.5 Å². The number of rotatable bonds is 2. The molecule has 0 saturated heterocycles. The highest BCUT2D eigenvalue weighted by molar-refractivity contribution is 9.09. The SMILES string of the molecule is Cc1nnc(Cl)c(C(C)CBr)c1C.